The molecule has 0 fully saturated rings. The largest absolute Gasteiger partial charge is 0.309 e. The third-order valence-electron chi connectivity index (χ3n) is 4.34. The molecule has 6 nitrogen and oxygen atoms in total. The van der Waals surface area contributed by atoms with Crippen LogP contribution in [0.2, 0.25) is 0 Å². The van der Waals surface area contributed by atoms with Gasteiger partial charge in [0.15, 0.2) is 0 Å². The molecule has 0 aliphatic carbocycles. The SMILES string of the molecule is Cc1cc(C)nc(-n2nc(C)c3c2NC(=O)CSC3c2ccc(F)cc2)n1. The summed E-state index contributed by atoms with van der Waals surface area (Å²) >= 11 is 1.49. The highest BCUT2D eigenvalue weighted by molar-refractivity contribution is 8.00. The lowest BCUT2D eigenvalue weighted by atomic mass is 10.0. The number of hydrogen-bond donors (Lipinski definition) is 1. The van der Waals surface area contributed by atoms with Crippen LogP contribution in [0.1, 0.15) is 33.5 Å². The van der Waals surface area contributed by atoms with Crippen LogP contribution in [0.5, 0.6) is 0 Å². The smallest absolute Gasteiger partial charge is 0.252 e. The molecule has 0 radical (unpaired) electrons. The number of hydrogen-bond acceptors (Lipinski definition) is 5. The molecule has 0 spiro atoms. The van der Waals surface area contributed by atoms with E-state index in [-0.39, 0.29) is 17.0 Å². The van der Waals surface area contributed by atoms with E-state index in [9.17, 15) is 9.18 Å². The first-order chi connectivity index (χ1) is 12.9. The monoisotopic (exact) mass is 383 g/mol. The molecule has 138 valence electrons. The molecule has 8 heteroatoms. The summed E-state index contributed by atoms with van der Waals surface area (Å²) < 4.78 is 15.0. The van der Waals surface area contributed by atoms with Crippen molar-refractivity contribution in [1.29, 1.82) is 0 Å². The molecule has 3 heterocycles. The molecule has 2 aromatic heterocycles. The summed E-state index contributed by atoms with van der Waals surface area (Å²) in [6, 6.07) is 8.24. The molecule has 1 N–H and O–H groups in total. The van der Waals surface area contributed by atoms with E-state index in [2.05, 4.69) is 20.4 Å². The van der Waals surface area contributed by atoms with Crippen LogP contribution in [-0.4, -0.2) is 31.4 Å². The van der Waals surface area contributed by atoms with E-state index in [1.807, 2.05) is 26.8 Å². The number of rotatable bonds is 2. The zero-order valence-electron chi connectivity index (χ0n) is 15.2. The highest BCUT2D eigenvalue weighted by Gasteiger charge is 2.31. The topological polar surface area (TPSA) is 72.7 Å². The van der Waals surface area contributed by atoms with Crippen molar-refractivity contribution in [2.24, 2.45) is 0 Å². The molecule has 0 bridgehead atoms. The minimum Gasteiger partial charge on any atom is -0.309 e. The van der Waals surface area contributed by atoms with Gasteiger partial charge in [-0.25, -0.2) is 14.4 Å². The lowest BCUT2D eigenvalue weighted by Crippen LogP contribution is -2.17. The van der Waals surface area contributed by atoms with Gasteiger partial charge in [0.2, 0.25) is 5.91 Å². The molecule has 3 aromatic rings. The highest BCUT2D eigenvalue weighted by Crippen LogP contribution is 2.43. The number of nitrogens with zero attached hydrogens (tertiary/aromatic N) is 4. The number of aryl methyl sites for hydroxylation is 3. The zero-order chi connectivity index (χ0) is 19.1. The molecular weight excluding hydrogens is 365 g/mol. The van der Waals surface area contributed by atoms with Gasteiger partial charge in [-0.2, -0.15) is 9.78 Å². The average Bonchev–Trinajstić information content (AvgIpc) is 2.81. The Morgan fingerprint density at radius 1 is 1.15 bits per heavy atom. The van der Waals surface area contributed by atoms with Gasteiger partial charge in [0.1, 0.15) is 11.6 Å². The molecule has 1 amide bonds. The van der Waals surface area contributed by atoms with E-state index in [1.165, 1.54) is 23.9 Å². The second-order valence-corrected chi connectivity index (χ2v) is 7.59. The van der Waals surface area contributed by atoms with Gasteiger partial charge in [0.05, 0.1) is 16.7 Å². The number of halogens is 1. The fourth-order valence-corrected chi connectivity index (χ4v) is 4.42. The van der Waals surface area contributed by atoms with Crippen LogP contribution in [0.15, 0.2) is 30.3 Å². The first kappa shape index (κ1) is 17.7. The Morgan fingerprint density at radius 3 is 2.48 bits per heavy atom. The number of benzene rings is 1. The molecule has 1 aliphatic rings. The number of carbonyl (C=O) groups is 1. The maximum atomic E-state index is 13.4. The molecule has 0 saturated carbocycles. The van der Waals surface area contributed by atoms with E-state index in [1.54, 1.807) is 16.8 Å². The number of nitrogens with one attached hydrogen (secondary N) is 1. The van der Waals surface area contributed by atoms with E-state index < -0.39 is 0 Å². The summed E-state index contributed by atoms with van der Waals surface area (Å²) in [5.74, 6) is 0.882. The van der Waals surface area contributed by atoms with Crippen molar-refractivity contribution in [1.82, 2.24) is 19.7 Å². The number of carbonyl (C=O) groups excluding carboxylic acids is 1. The first-order valence-electron chi connectivity index (χ1n) is 8.51. The second-order valence-electron chi connectivity index (χ2n) is 6.50. The standard InChI is InChI=1S/C19H18FN5OS/c1-10-8-11(2)22-19(21-10)25-18-16(12(3)24-25)17(27-9-15(26)23-18)13-4-6-14(20)7-5-13/h4-8,17H,9H2,1-3H3,(H,23,26). The van der Waals surface area contributed by atoms with Crippen LogP contribution < -0.4 is 5.32 Å². The lowest BCUT2D eigenvalue weighted by molar-refractivity contribution is -0.113. The molecule has 1 atom stereocenters. The van der Waals surface area contributed by atoms with Crippen LogP contribution in [0.4, 0.5) is 10.2 Å². The number of thioether (sulfide) groups is 1. The number of anilines is 1. The van der Waals surface area contributed by atoms with Crippen molar-refractivity contribution in [2.45, 2.75) is 26.0 Å². The van der Waals surface area contributed by atoms with Crippen molar-refractivity contribution in [3.63, 3.8) is 0 Å². The molecule has 0 saturated heterocycles. The maximum Gasteiger partial charge on any atom is 0.252 e. The van der Waals surface area contributed by atoms with Gasteiger partial charge in [-0.05, 0) is 44.5 Å². The maximum absolute atomic E-state index is 13.4. The van der Waals surface area contributed by atoms with Gasteiger partial charge >= 0.3 is 0 Å². The van der Waals surface area contributed by atoms with Gasteiger partial charge in [0.25, 0.3) is 5.95 Å². The van der Waals surface area contributed by atoms with Gasteiger partial charge in [-0.1, -0.05) is 12.1 Å². The van der Waals surface area contributed by atoms with Crippen molar-refractivity contribution in [3.8, 4) is 5.95 Å². The van der Waals surface area contributed by atoms with Crippen molar-refractivity contribution in [2.75, 3.05) is 11.1 Å². The minimum absolute atomic E-state index is 0.114. The minimum atomic E-state index is -0.289. The Balaban J connectivity index is 1.90. The van der Waals surface area contributed by atoms with Crippen molar-refractivity contribution in [3.05, 3.63) is 64.4 Å². The molecule has 1 aliphatic heterocycles. The third kappa shape index (κ3) is 3.32. The number of aromatic nitrogens is 4. The number of fused-ring (bicyclic) bond motifs is 1. The predicted molar refractivity (Wildman–Crippen MR) is 103 cm³/mol. The van der Waals surface area contributed by atoms with Crippen LogP contribution in [0, 0.1) is 26.6 Å². The summed E-state index contributed by atoms with van der Waals surface area (Å²) in [6.45, 7) is 5.68. The fourth-order valence-electron chi connectivity index (χ4n) is 3.23. The van der Waals surface area contributed by atoms with Gasteiger partial charge in [-0.3, -0.25) is 4.79 Å². The number of amides is 1. The molecule has 4 rings (SSSR count). The van der Waals surface area contributed by atoms with Crippen LogP contribution in [0.25, 0.3) is 5.95 Å². The molecule has 1 aromatic carbocycles. The molecular formula is C19H18FN5OS. The Labute approximate surface area is 160 Å². The quantitative estimate of drug-likeness (QED) is 0.733. The average molecular weight is 383 g/mol. The fraction of sp³-hybridized carbons (Fsp3) is 0.263. The summed E-state index contributed by atoms with van der Waals surface area (Å²) in [6.07, 6.45) is 0. The molecule has 1 unspecified atom stereocenters. The van der Waals surface area contributed by atoms with E-state index >= 15 is 0 Å². The van der Waals surface area contributed by atoms with Crippen LogP contribution in [-0.2, 0) is 4.79 Å². The Morgan fingerprint density at radius 2 is 1.81 bits per heavy atom. The van der Waals surface area contributed by atoms with Crippen molar-refractivity contribution >= 4 is 23.5 Å². The molecule has 27 heavy (non-hydrogen) atoms. The summed E-state index contributed by atoms with van der Waals surface area (Å²) in [4.78, 5) is 21.3. The highest BCUT2D eigenvalue weighted by atomic mass is 32.2. The van der Waals surface area contributed by atoms with Gasteiger partial charge in [0, 0.05) is 17.0 Å². The Hall–Kier alpha value is -2.74. The summed E-state index contributed by atoms with van der Waals surface area (Å²) in [5.41, 5.74) is 4.23. The zero-order valence-corrected chi connectivity index (χ0v) is 16.0. The van der Waals surface area contributed by atoms with Crippen LogP contribution in [0.3, 0.4) is 0 Å². The first-order valence-corrected chi connectivity index (χ1v) is 9.56. The van der Waals surface area contributed by atoms with E-state index in [0.29, 0.717) is 17.5 Å². The third-order valence-corrected chi connectivity index (χ3v) is 5.61. The van der Waals surface area contributed by atoms with Gasteiger partial charge < -0.3 is 5.32 Å². The van der Waals surface area contributed by atoms with Crippen molar-refractivity contribution < 1.29 is 9.18 Å². The van der Waals surface area contributed by atoms with Gasteiger partial charge in [-0.15, -0.1) is 11.8 Å². The van der Waals surface area contributed by atoms with E-state index in [4.69, 9.17) is 0 Å². The normalized spacial score (nSPS) is 16.6. The predicted octanol–water partition coefficient (Wildman–Crippen LogP) is 3.50. The Kier molecular flexibility index (Phi) is 4.43. The summed E-state index contributed by atoms with van der Waals surface area (Å²) in [7, 11) is 0. The van der Waals surface area contributed by atoms with E-state index in [0.717, 1.165) is 28.2 Å². The summed E-state index contributed by atoms with van der Waals surface area (Å²) in [5, 5.41) is 7.41. The Bertz CT molecular complexity index is 1010. The lowest BCUT2D eigenvalue weighted by Gasteiger charge is -2.15. The van der Waals surface area contributed by atoms with Crippen LogP contribution >= 0.6 is 11.8 Å². The second kappa shape index (κ2) is 6.77.